The third-order valence-electron chi connectivity index (χ3n) is 6.79. The van der Waals surface area contributed by atoms with Crippen molar-refractivity contribution in [3.8, 4) is 0 Å². The van der Waals surface area contributed by atoms with Gasteiger partial charge in [0.15, 0.2) is 0 Å². The lowest BCUT2D eigenvalue weighted by atomic mass is 9.63. The van der Waals surface area contributed by atoms with Crippen LogP contribution in [-0.4, -0.2) is 37.2 Å². The first kappa shape index (κ1) is 20.8. The second-order valence-corrected chi connectivity index (χ2v) is 8.95. The van der Waals surface area contributed by atoms with Crippen LogP contribution in [0.4, 0.5) is 0 Å². The fraction of sp³-hybridized carbons (Fsp3) is 0.370. The molecule has 3 nitrogen and oxygen atoms in total. The molecule has 0 bridgehead atoms. The van der Waals surface area contributed by atoms with E-state index in [0.717, 1.165) is 16.9 Å². The van der Waals surface area contributed by atoms with Crippen molar-refractivity contribution in [2.24, 2.45) is 4.99 Å². The van der Waals surface area contributed by atoms with E-state index in [1.54, 1.807) is 7.11 Å². The standard InChI is InChI=1S/C27H31NO2/c1-7-16(2)24-26-23-19(20(13-14-29)25(28-26)17(3)15-30-6)12-11-18-9-8-10-21(22(18)23)27(24,4)5/h7-12,20,25,29H,1,3,13-15H2,2,4-6H3/b24-16-. The van der Waals surface area contributed by atoms with Gasteiger partial charge in [0.05, 0.1) is 18.4 Å². The highest BCUT2D eigenvalue weighted by Gasteiger charge is 2.43. The van der Waals surface area contributed by atoms with Gasteiger partial charge in [-0.05, 0) is 52.0 Å². The molecule has 0 fully saturated rings. The number of ether oxygens (including phenoxy) is 1. The van der Waals surface area contributed by atoms with Crippen molar-refractivity contribution in [1.29, 1.82) is 0 Å². The van der Waals surface area contributed by atoms with Crippen molar-refractivity contribution in [2.75, 3.05) is 20.3 Å². The van der Waals surface area contributed by atoms with Crippen LogP contribution in [0.5, 0.6) is 0 Å². The summed E-state index contributed by atoms with van der Waals surface area (Å²) < 4.78 is 5.40. The molecule has 2 aliphatic rings. The Bertz CT molecular complexity index is 1100. The Kier molecular flexibility index (Phi) is 5.29. The third kappa shape index (κ3) is 2.91. The summed E-state index contributed by atoms with van der Waals surface area (Å²) in [6, 6.07) is 10.9. The Morgan fingerprint density at radius 2 is 2.03 bits per heavy atom. The molecule has 1 N–H and O–H groups in total. The van der Waals surface area contributed by atoms with Crippen molar-refractivity contribution in [2.45, 2.75) is 44.6 Å². The molecular weight excluding hydrogens is 370 g/mol. The van der Waals surface area contributed by atoms with E-state index < -0.39 is 0 Å². The number of hydrogen-bond acceptors (Lipinski definition) is 3. The Morgan fingerprint density at radius 3 is 2.70 bits per heavy atom. The lowest BCUT2D eigenvalue weighted by molar-refractivity contribution is 0.215. The molecule has 30 heavy (non-hydrogen) atoms. The van der Waals surface area contributed by atoms with Gasteiger partial charge in [-0.25, -0.2) is 0 Å². The van der Waals surface area contributed by atoms with Crippen molar-refractivity contribution in [1.82, 2.24) is 0 Å². The van der Waals surface area contributed by atoms with Crippen LogP contribution < -0.4 is 0 Å². The highest BCUT2D eigenvalue weighted by molar-refractivity contribution is 6.25. The van der Waals surface area contributed by atoms with E-state index in [0.29, 0.717) is 13.0 Å². The van der Waals surface area contributed by atoms with Gasteiger partial charge in [-0.2, -0.15) is 0 Å². The second kappa shape index (κ2) is 7.64. The van der Waals surface area contributed by atoms with E-state index >= 15 is 0 Å². The first-order valence-electron chi connectivity index (χ1n) is 10.6. The summed E-state index contributed by atoms with van der Waals surface area (Å²) in [6.07, 6.45) is 2.58. The minimum Gasteiger partial charge on any atom is -0.396 e. The molecule has 2 atom stereocenters. The highest BCUT2D eigenvalue weighted by atomic mass is 16.5. The number of rotatable bonds is 6. The van der Waals surface area contributed by atoms with Crippen LogP contribution in [0.1, 0.15) is 49.8 Å². The van der Waals surface area contributed by atoms with Gasteiger partial charge in [0.1, 0.15) is 0 Å². The van der Waals surface area contributed by atoms with E-state index in [4.69, 9.17) is 9.73 Å². The molecule has 1 heterocycles. The summed E-state index contributed by atoms with van der Waals surface area (Å²) in [5.41, 5.74) is 7.97. The molecule has 3 heteroatoms. The maximum Gasteiger partial charge on any atom is 0.0805 e. The summed E-state index contributed by atoms with van der Waals surface area (Å²) in [7, 11) is 1.69. The van der Waals surface area contributed by atoms with Crippen molar-refractivity contribution < 1.29 is 9.84 Å². The lowest BCUT2D eigenvalue weighted by Gasteiger charge is -2.43. The van der Waals surface area contributed by atoms with Crippen molar-refractivity contribution in [3.63, 3.8) is 0 Å². The van der Waals surface area contributed by atoms with Gasteiger partial charge in [0, 0.05) is 30.6 Å². The number of hydrogen-bond donors (Lipinski definition) is 1. The van der Waals surface area contributed by atoms with E-state index in [2.05, 4.69) is 64.3 Å². The van der Waals surface area contributed by atoms with Gasteiger partial charge in [-0.3, -0.25) is 4.99 Å². The molecule has 156 valence electrons. The SMILES string of the molecule is C=C/C(C)=C1/C2=NC(C(=C)COC)C(CCO)c3ccc4cccc(c4c32)C1(C)C. The predicted octanol–water partition coefficient (Wildman–Crippen LogP) is 5.47. The molecule has 2 aromatic carbocycles. The molecule has 2 aromatic rings. The summed E-state index contributed by atoms with van der Waals surface area (Å²) >= 11 is 0. The average Bonchev–Trinajstić information content (AvgIpc) is 2.73. The first-order chi connectivity index (χ1) is 14.4. The smallest absolute Gasteiger partial charge is 0.0805 e. The summed E-state index contributed by atoms with van der Waals surface area (Å²) in [5, 5.41) is 12.4. The molecule has 0 saturated heterocycles. The monoisotopic (exact) mass is 401 g/mol. The number of methoxy groups -OCH3 is 1. The topological polar surface area (TPSA) is 41.8 Å². The molecule has 1 aliphatic carbocycles. The minimum absolute atomic E-state index is 0.0837. The van der Waals surface area contributed by atoms with E-state index in [1.165, 1.54) is 33.0 Å². The quantitative estimate of drug-likeness (QED) is 0.652. The number of nitrogens with zero attached hydrogens (tertiary/aromatic N) is 1. The van der Waals surface area contributed by atoms with Crippen molar-refractivity contribution in [3.05, 3.63) is 83.0 Å². The minimum atomic E-state index is -0.195. The summed E-state index contributed by atoms with van der Waals surface area (Å²) in [6.45, 7) is 15.6. The maximum absolute atomic E-state index is 9.85. The van der Waals surface area contributed by atoms with Gasteiger partial charge >= 0.3 is 0 Å². The normalized spacial score (nSPS) is 23.2. The van der Waals surface area contributed by atoms with Crippen LogP contribution in [0, 0.1) is 0 Å². The largest absolute Gasteiger partial charge is 0.396 e. The first-order valence-corrected chi connectivity index (χ1v) is 10.6. The molecule has 0 saturated carbocycles. The van der Waals surface area contributed by atoms with Crippen LogP contribution in [0.15, 0.2) is 71.3 Å². The number of benzene rings is 2. The van der Waals surface area contributed by atoms with Gasteiger partial charge in [-0.15, -0.1) is 0 Å². The number of aliphatic hydroxyl groups excluding tert-OH is 1. The molecule has 4 rings (SSSR count). The fourth-order valence-electron chi connectivity index (χ4n) is 5.44. The molecule has 1 aliphatic heterocycles. The number of aliphatic hydroxyl groups is 1. The van der Waals surface area contributed by atoms with E-state index in [1.807, 2.05) is 6.08 Å². The molecular formula is C27H31NO2. The van der Waals surface area contributed by atoms with Crippen LogP contribution in [0.2, 0.25) is 0 Å². The number of allylic oxidation sites excluding steroid dienone is 3. The Morgan fingerprint density at radius 1 is 1.27 bits per heavy atom. The van der Waals surface area contributed by atoms with Crippen LogP contribution in [0.3, 0.4) is 0 Å². The second-order valence-electron chi connectivity index (χ2n) is 8.95. The van der Waals surface area contributed by atoms with E-state index in [9.17, 15) is 5.11 Å². The fourth-order valence-corrected chi connectivity index (χ4v) is 5.44. The highest BCUT2D eigenvalue weighted by Crippen LogP contribution is 2.50. The lowest BCUT2D eigenvalue weighted by Crippen LogP contribution is -2.38. The Balaban J connectivity index is 2.13. The van der Waals surface area contributed by atoms with Crippen LogP contribution in [0.25, 0.3) is 10.8 Å². The Labute approximate surface area is 179 Å². The molecule has 0 aromatic heterocycles. The zero-order chi connectivity index (χ0) is 21.6. The van der Waals surface area contributed by atoms with Crippen molar-refractivity contribution >= 4 is 16.5 Å². The molecule has 2 unspecified atom stereocenters. The summed E-state index contributed by atoms with van der Waals surface area (Å²) in [5.74, 6) is 0.0837. The maximum atomic E-state index is 9.85. The van der Waals surface area contributed by atoms with E-state index in [-0.39, 0.29) is 24.0 Å². The predicted molar refractivity (Wildman–Crippen MR) is 126 cm³/mol. The molecule has 0 amide bonds. The zero-order valence-electron chi connectivity index (χ0n) is 18.5. The van der Waals surface area contributed by atoms with Gasteiger partial charge in [0.2, 0.25) is 0 Å². The summed E-state index contributed by atoms with van der Waals surface area (Å²) in [4.78, 5) is 5.32. The number of aliphatic imine (C=N–C) groups is 1. The van der Waals surface area contributed by atoms with Gasteiger partial charge in [0.25, 0.3) is 0 Å². The average molecular weight is 402 g/mol. The zero-order valence-corrected chi connectivity index (χ0v) is 18.5. The third-order valence-corrected chi connectivity index (χ3v) is 6.79. The molecule has 0 spiro atoms. The van der Waals surface area contributed by atoms with Crippen LogP contribution >= 0.6 is 0 Å². The Hall–Kier alpha value is -2.49. The molecule has 0 radical (unpaired) electrons. The van der Waals surface area contributed by atoms with Crippen LogP contribution in [-0.2, 0) is 10.2 Å². The van der Waals surface area contributed by atoms with Gasteiger partial charge in [-0.1, -0.05) is 63.4 Å². The van der Waals surface area contributed by atoms with Gasteiger partial charge < -0.3 is 9.84 Å².